The molecule has 1 aliphatic heterocycles. The predicted molar refractivity (Wildman–Crippen MR) is 87.9 cm³/mol. The van der Waals surface area contributed by atoms with Crippen molar-refractivity contribution < 1.29 is 18.9 Å². The van der Waals surface area contributed by atoms with E-state index in [1.165, 1.54) is 0 Å². The zero-order valence-corrected chi connectivity index (χ0v) is 13.6. The topological polar surface area (TPSA) is 49.3 Å². The van der Waals surface area contributed by atoms with E-state index in [2.05, 4.69) is 0 Å². The van der Waals surface area contributed by atoms with Gasteiger partial charge in [0.15, 0.2) is 0 Å². The van der Waals surface area contributed by atoms with Crippen LogP contribution in [0.1, 0.15) is 22.7 Å². The Kier molecular flexibility index (Phi) is 4.10. The summed E-state index contributed by atoms with van der Waals surface area (Å²) in [6.45, 7) is 0. The van der Waals surface area contributed by atoms with E-state index in [9.17, 15) is 0 Å². The largest absolute Gasteiger partial charge is 0.496 e. The lowest BCUT2D eigenvalue weighted by Crippen LogP contribution is -2.03. The van der Waals surface area contributed by atoms with Gasteiger partial charge >= 0.3 is 0 Å². The van der Waals surface area contributed by atoms with Crippen LogP contribution in [0.5, 0.6) is 17.2 Å². The molecule has 0 saturated heterocycles. The molecule has 1 aliphatic rings. The van der Waals surface area contributed by atoms with Crippen molar-refractivity contribution in [2.24, 2.45) is 4.99 Å². The van der Waals surface area contributed by atoms with Gasteiger partial charge < -0.3 is 18.9 Å². The zero-order valence-electron chi connectivity index (χ0n) is 13.6. The van der Waals surface area contributed by atoms with Gasteiger partial charge in [-0.25, -0.2) is 4.99 Å². The number of methoxy groups -OCH3 is 4. The van der Waals surface area contributed by atoms with Crippen molar-refractivity contribution in [1.29, 1.82) is 0 Å². The van der Waals surface area contributed by atoms with Crippen LogP contribution in [0.3, 0.4) is 0 Å². The number of ether oxygens (including phenoxy) is 4. The maximum Gasteiger partial charge on any atom is 0.217 e. The Bertz CT molecular complexity index is 729. The van der Waals surface area contributed by atoms with Gasteiger partial charge in [0.25, 0.3) is 0 Å². The quantitative estimate of drug-likeness (QED) is 0.869. The second-order valence-corrected chi connectivity index (χ2v) is 5.07. The Morgan fingerprint density at radius 2 is 1.48 bits per heavy atom. The van der Waals surface area contributed by atoms with E-state index in [0.29, 0.717) is 23.1 Å². The fraction of sp³-hybridized carbons (Fsp3) is 0.278. The highest BCUT2D eigenvalue weighted by molar-refractivity contribution is 5.99. The highest BCUT2D eigenvalue weighted by Crippen LogP contribution is 2.45. The molecule has 0 amide bonds. The number of fused-ring (bicyclic) bond motifs is 1. The summed E-state index contributed by atoms with van der Waals surface area (Å²) in [5, 5.41) is 0. The van der Waals surface area contributed by atoms with Crippen molar-refractivity contribution in [3.8, 4) is 17.2 Å². The summed E-state index contributed by atoms with van der Waals surface area (Å²) in [5.41, 5.74) is 2.90. The summed E-state index contributed by atoms with van der Waals surface area (Å²) in [6.07, 6.45) is 0. The Morgan fingerprint density at radius 1 is 0.826 bits per heavy atom. The molecule has 5 heteroatoms. The molecular formula is C18H19NO4. The molecule has 120 valence electrons. The molecule has 0 spiro atoms. The van der Waals surface area contributed by atoms with Crippen LogP contribution in [0, 0.1) is 0 Å². The Hall–Kier alpha value is -2.69. The predicted octanol–water partition coefficient (Wildman–Crippen LogP) is 3.21. The van der Waals surface area contributed by atoms with Gasteiger partial charge in [-0.2, -0.15) is 0 Å². The SMILES string of the molecule is COC1=NC(c2c(OC)cc(OC)cc2OC)c2ccccc21. The first-order valence-electron chi connectivity index (χ1n) is 7.24. The van der Waals surface area contributed by atoms with Gasteiger partial charge in [-0.3, -0.25) is 0 Å². The molecule has 23 heavy (non-hydrogen) atoms. The van der Waals surface area contributed by atoms with Crippen molar-refractivity contribution >= 4 is 5.90 Å². The summed E-state index contributed by atoms with van der Waals surface area (Å²) in [7, 11) is 6.49. The smallest absolute Gasteiger partial charge is 0.217 e. The minimum Gasteiger partial charge on any atom is -0.496 e. The van der Waals surface area contributed by atoms with Crippen LogP contribution in [-0.2, 0) is 4.74 Å². The molecule has 0 aliphatic carbocycles. The monoisotopic (exact) mass is 313 g/mol. The summed E-state index contributed by atoms with van der Waals surface area (Å²) in [4.78, 5) is 4.71. The van der Waals surface area contributed by atoms with E-state index >= 15 is 0 Å². The molecule has 0 saturated carbocycles. The lowest BCUT2D eigenvalue weighted by atomic mass is 9.96. The van der Waals surface area contributed by atoms with E-state index in [1.54, 1.807) is 28.4 Å². The fourth-order valence-corrected chi connectivity index (χ4v) is 2.87. The van der Waals surface area contributed by atoms with Gasteiger partial charge in [0.05, 0.1) is 34.0 Å². The van der Waals surface area contributed by atoms with Crippen LogP contribution in [0.15, 0.2) is 41.4 Å². The normalized spacial score (nSPS) is 15.7. The Labute approximate surface area is 135 Å². The van der Waals surface area contributed by atoms with Crippen LogP contribution in [0.4, 0.5) is 0 Å². The molecule has 1 unspecified atom stereocenters. The first kappa shape index (κ1) is 15.2. The van der Waals surface area contributed by atoms with Crippen molar-refractivity contribution in [2.75, 3.05) is 28.4 Å². The maximum atomic E-state index is 5.56. The highest BCUT2D eigenvalue weighted by Gasteiger charge is 2.31. The summed E-state index contributed by atoms with van der Waals surface area (Å²) in [6, 6.07) is 11.4. The number of aliphatic imine (C=N–C) groups is 1. The average Bonchev–Trinajstić information content (AvgIpc) is 2.98. The van der Waals surface area contributed by atoms with Crippen LogP contribution in [-0.4, -0.2) is 34.3 Å². The van der Waals surface area contributed by atoms with E-state index in [-0.39, 0.29) is 6.04 Å². The van der Waals surface area contributed by atoms with Gasteiger partial charge in [0.1, 0.15) is 23.3 Å². The minimum atomic E-state index is -0.239. The van der Waals surface area contributed by atoms with Crippen molar-refractivity contribution in [1.82, 2.24) is 0 Å². The van der Waals surface area contributed by atoms with Crippen LogP contribution < -0.4 is 14.2 Å². The first-order chi connectivity index (χ1) is 11.2. The third-order valence-electron chi connectivity index (χ3n) is 3.95. The van der Waals surface area contributed by atoms with E-state index in [4.69, 9.17) is 23.9 Å². The Morgan fingerprint density at radius 3 is 2.04 bits per heavy atom. The van der Waals surface area contributed by atoms with Crippen molar-refractivity contribution in [2.45, 2.75) is 6.04 Å². The number of hydrogen-bond acceptors (Lipinski definition) is 5. The van der Waals surface area contributed by atoms with Crippen molar-refractivity contribution in [3.63, 3.8) is 0 Å². The lowest BCUT2D eigenvalue weighted by Gasteiger charge is -2.18. The molecule has 0 aromatic heterocycles. The number of hydrogen-bond donors (Lipinski definition) is 0. The summed E-state index contributed by atoms with van der Waals surface area (Å²) < 4.78 is 21.8. The van der Waals surface area contributed by atoms with Crippen LogP contribution in [0.25, 0.3) is 0 Å². The third kappa shape index (κ3) is 2.48. The molecule has 5 nitrogen and oxygen atoms in total. The molecule has 2 aromatic carbocycles. The highest BCUT2D eigenvalue weighted by atomic mass is 16.5. The molecule has 2 aromatic rings. The molecule has 0 N–H and O–H groups in total. The van der Waals surface area contributed by atoms with Crippen LogP contribution in [0.2, 0.25) is 0 Å². The van der Waals surface area contributed by atoms with Gasteiger partial charge in [-0.1, -0.05) is 18.2 Å². The second-order valence-electron chi connectivity index (χ2n) is 5.07. The average molecular weight is 313 g/mol. The number of benzene rings is 2. The minimum absolute atomic E-state index is 0.239. The summed E-state index contributed by atoms with van der Waals surface area (Å²) >= 11 is 0. The number of rotatable bonds is 4. The third-order valence-corrected chi connectivity index (χ3v) is 3.95. The maximum absolute atomic E-state index is 5.56. The molecule has 1 atom stereocenters. The second kappa shape index (κ2) is 6.20. The summed E-state index contributed by atoms with van der Waals surface area (Å²) in [5.74, 6) is 2.62. The van der Waals surface area contributed by atoms with E-state index < -0.39 is 0 Å². The van der Waals surface area contributed by atoms with Gasteiger partial charge in [0.2, 0.25) is 5.90 Å². The van der Waals surface area contributed by atoms with Gasteiger partial charge in [-0.05, 0) is 11.6 Å². The van der Waals surface area contributed by atoms with Gasteiger partial charge in [0, 0.05) is 17.7 Å². The fourth-order valence-electron chi connectivity index (χ4n) is 2.87. The van der Waals surface area contributed by atoms with Crippen molar-refractivity contribution in [3.05, 3.63) is 53.1 Å². The zero-order chi connectivity index (χ0) is 16.4. The molecule has 1 heterocycles. The molecule has 0 radical (unpaired) electrons. The first-order valence-corrected chi connectivity index (χ1v) is 7.24. The van der Waals surface area contributed by atoms with Gasteiger partial charge in [-0.15, -0.1) is 0 Å². The standard InChI is InChI=1S/C18H19NO4/c1-20-11-9-14(21-2)16(15(10-11)22-3)17-12-7-5-6-8-13(12)18(19-17)23-4/h5-10,17H,1-4H3. The van der Waals surface area contributed by atoms with E-state index in [1.807, 2.05) is 36.4 Å². The number of nitrogens with zero attached hydrogens (tertiary/aromatic N) is 1. The molecule has 0 fully saturated rings. The Balaban J connectivity index is 2.21. The molecule has 3 rings (SSSR count). The molecule has 0 bridgehead atoms. The molecular weight excluding hydrogens is 294 g/mol. The lowest BCUT2D eigenvalue weighted by molar-refractivity contribution is 0.366. The van der Waals surface area contributed by atoms with Crippen LogP contribution >= 0.6 is 0 Å². The van der Waals surface area contributed by atoms with E-state index in [0.717, 1.165) is 16.7 Å².